The largest absolute Gasteiger partial charge is 1.00 e. The summed E-state index contributed by atoms with van der Waals surface area (Å²) < 4.78 is 47.0. The number of rotatable bonds is 23. The van der Waals surface area contributed by atoms with Gasteiger partial charge in [-0.25, -0.2) is 0 Å². The SMILES string of the molecule is C#CC.CC(C)(C)[Si](C)(C)OC[C@@H](CC#C[Si](C)(C)C)O[Si](C)(C)C(C)(C)C.CC(C)(C)[Si](C)(C)OC[C@H](O)CC#C[Si](C)(C)C.CC(C)(C)[Si](C)(C)OC[C@H]1CO1.CC(C)(C)[Si](C)(C)O[C@@H](C=O)CC#C[Si](C)(C)C.CC(C)(C)[Si](C)(C)O[C@@H](CO)CC#C[Si](C)(C)C.OC[C@H]1CO1.[CH2-]CCC.[Li+]. The van der Waals surface area contributed by atoms with Crippen LogP contribution in [0.2, 0.25) is 187 Å². The molecule has 2 aliphatic rings. The first-order valence-electron chi connectivity index (χ1n) is 38.2. The van der Waals surface area contributed by atoms with E-state index >= 15 is 0 Å². The molecule has 6 atom stereocenters. The van der Waals surface area contributed by atoms with E-state index in [1.54, 1.807) is 6.92 Å². The van der Waals surface area contributed by atoms with Crippen molar-refractivity contribution in [1.29, 1.82) is 0 Å². The van der Waals surface area contributed by atoms with Crippen LogP contribution in [0.5, 0.6) is 0 Å². The Balaban J connectivity index is -0.000000219. The van der Waals surface area contributed by atoms with E-state index < -0.39 is 88.3 Å². The van der Waals surface area contributed by atoms with Crippen molar-refractivity contribution in [1.82, 2.24) is 0 Å². The molecule has 0 bridgehead atoms. The average Bonchev–Trinajstić information content (AvgIpc) is 1.84. The first kappa shape index (κ1) is 117. The fourth-order valence-corrected chi connectivity index (χ4v) is 15.4. The van der Waals surface area contributed by atoms with E-state index in [0.717, 1.165) is 38.9 Å². The molecule has 0 saturated carbocycles. The van der Waals surface area contributed by atoms with Gasteiger partial charge in [0, 0.05) is 25.7 Å². The van der Waals surface area contributed by atoms with Gasteiger partial charge in [0.15, 0.2) is 49.9 Å². The molecule has 2 saturated heterocycles. The summed E-state index contributed by atoms with van der Waals surface area (Å²) in [5.74, 6) is 15.1. The normalized spacial score (nSPS) is 16.3. The fourth-order valence-electron chi connectivity index (χ4n) is 5.80. The number of unbranched alkanes of at least 4 members (excludes halogenated alkanes) is 1. The monoisotopic (exact) mass is 1620 g/mol. The summed E-state index contributed by atoms with van der Waals surface area (Å²) in [7, 11) is -15.9. The molecular formula is C81H171LiO12Si10. The summed E-state index contributed by atoms with van der Waals surface area (Å²) in [6.07, 6.45) is 9.98. The number of aliphatic hydroxyl groups excluding tert-OH is 3. The van der Waals surface area contributed by atoms with Gasteiger partial charge in [-0.15, -0.1) is 58.2 Å². The van der Waals surface area contributed by atoms with Gasteiger partial charge in [0.05, 0.1) is 64.6 Å². The van der Waals surface area contributed by atoms with Crippen molar-refractivity contribution in [2.75, 3.05) is 46.2 Å². The zero-order valence-corrected chi connectivity index (χ0v) is 87.0. The summed E-state index contributed by atoms with van der Waals surface area (Å²) in [6, 6.07) is 0. The third-order valence-electron chi connectivity index (χ3n) is 19.0. The molecule has 104 heavy (non-hydrogen) atoms. The number of aliphatic hydroxyl groups is 3. The van der Waals surface area contributed by atoms with E-state index in [0.29, 0.717) is 43.6 Å². The number of epoxide rings is 2. The molecule has 0 spiro atoms. The van der Waals surface area contributed by atoms with Crippen molar-refractivity contribution in [2.24, 2.45) is 0 Å². The van der Waals surface area contributed by atoms with E-state index in [2.05, 4.69) is 359 Å². The van der Waals surface area contributed by atoms with Crippen LogP contribution in [-0.2, 0) is 40.8 Å². The maximum absolute atomic E-state index is 11.1. The molecule has 2 aliphatic heterocycles. The molecule has 0 amide bonds. The zero-order chi connectivity index (χ0) is 83.4. The summed E-state index contributed by atoms with van der Waals surface area (Å²) in [5.41, 5.74) is 13.4. The average molecular weight is 1630 g/mol. The molecule has 2 heterocycles. The van der Waals surface area contributed by atoms with Crippen LogP contribution in [0.25, 0.3) is 0 Å². The van der Waals surface area contributed by atoms with Gasteiger partial charge < -0.3 is 63.1 Å². The second kappa shape index (κ2) is 50.8. The Kier molecular flexibility index (Phi) is 57.2. The van der Waals surface area contributed by atoms with Gasteiger partial charge in [-0.1, -0.05) is 217 Å². The zero-order valence-electron chi connectivity index (χ0n) is 77.0. The Bertz CT molecular complexity index is 2610. The molecule has 608 valence electrons. The summed E-state index contributed by atoms with van der Waals surface area (Å²) >= 11 is 0. The van der Waals surface area contributed by atoms with Gasteiger partial charge in [0.2, 0.25) is 0 Å². The molecule has 0 radical (unpaired) electrons. The smallest absolute Gasteiger partial charge is 0.414 e. The van der Waals surface area contributed by atoms with Crippen LogP contribution in [0.15, 0.2) is 0 Å². The Hall–Kier alpha value is -0.204. The predicted octanol–water partition coefficient (Wildman–Crippen LogP) is 18.8. The third kappa shape index (κ3) is 63.3. The van der Waals surface area contributed by atoms with Gasteiger partial charge in [0.1, 0.15) is 56.9 Å². The second-order valence-electron chi connectivity index (χ2n) is 40.9. The van der Waals surface area contributed by atoms with E-state index in [1.165, 1.54) is 6.42 Å². The Morgan fingerprint density at radius 1 is 0.452 bits per heavy atom. The predicted molar refractivity (Wildman–Crippen MR) is 479 cm³/mol. The van der Waals surface area contributed by atoms with Crippen molar-refractivity contribution >= 4 is 88.5 Å². The minimum Gasteiger partial charge on any atom is -0.414 e. The van der Waals surface area contributed by atoms with Gasteiger partial charge in [-0.3, -0.25) is 0 Å². The molecule has 2 fully saturated rings. The molecule has 12 nitrogen and oxygen atoms in total. The Morgan fingerprint density at radius 2 is 0.712 bits per heavy atom. The van der Waals surface area contributed by atoms with Crippen LogP contribution in [0.4, 0.5) is 0 Å². The Labute approximate surface area is 670 Å². The minimum atomic E-state index is -1.87. The number of carbonyl (C=O) groups is 1. The van der Waals surface area contributed by atoms with Crippen molar-refractivity contribution in [3.63, 3.8) is 0 Å². The maximum Gasteiger partial charge on any atom is 1.00 e. The number of terminal acetylenes is 1. The second-order valence-corrected chi connectivity index (χ2v) is 88.6. The number of hydrogen-bond acceptors (Lipinski definition) is 12. The van der Waals surface area contributed by atoms with Crippen LogP contribution in [-0.4, -0.2) is 187 Å². The summed E-state index contributed by atoms with van der Waals surface area (Å²) in [6.45, 7) is 105. The van der Waals surface area contributed by atoms with Gasteiger partial charge in [-0.05, 0) is 116 Å². The summed E-state index contributed by atoms with van der Waals surface area (Å²) in [5, 5.41) is 28.6. The number of carbonyl (C=O) groups excluding carboxylic acids is 1. The molecule has 0 aliphatic carbocycles. The van der Waals surface area contributed by atoms with E-state index in [1.807, 2.05) is 0 Å². The molecule has 0 aromatic heterocycles. The third-order valence-corrected chi connectivity index (χ3v) is 49.8. The van der Waals surface area contributed by atoms with E-state index in [9.17, 15) is 15.0 Å². The fraction of sp³-hybridized carbons (Fsp3) is 0.852. The van der Waals surface area contributed by atoms with Gasteiger partial charge in [-0.2, -0.15) is 6.42 Å². The number of aldehydes is 1. The van der Waals surface area contributed by atoms with E-state index in [-0.39, 0.29) is 81.7 Å². The maximum atomic E-state index is 11.1. The quantitative estimate of drug-likeness (QED) is 0.0293. The van der Waals surface area contributed by atoms with Crippen molar-refractivity contribution in [2.45, 2.75) is 401 Å². The van der Waals surface area contributed by atoms with Crippen LogP contribution in [0.3, 0.4) is 0 Å². The molecule has 3 N–H and O–H groups in total. The molecular weight excluding hydrogens is 1450 g/mol. The minimum absolute atomic E-state index is 0. The molecule has 2 rings (SSSR count). The first-order chi connectivity index (χ1) is 45.5. The van der Waals surface area contributed by atoms with Gasteiger partial charge >= 0.3 is 18.9 Å². The van der Waals surface area contributed by atoms with E-state index in [4.69, 9.17) is 36.4 Å². The van der Waals surface area contributed by atoms with Gasteiger partial charge in [0.25, 0.3) is 0 Å². The van der Waals surface area contributed by atoms with Crippen LogP contribution in [0, 0.1) is 65.1 Å². The first-order valence-corrected chi connectivity index (χ1v) is 69.7. The molecule has 0 unspecified atom stereocenters. The summed E-state index contributed by atoms with van der Waals surface area (Å²) in [4.78, 5) is 11.1. The van der Waals surface area contributed by atoms with Crippen LogP contribution in [0.1, 0.15) is 177 Å². The standard InChI is InChI=1S/C20H44O2Si3.2C14H30O2Si2.C14H28O2Si2.C9H20O2Si.C4H9.C3H6O2.C3H4.Li/c1-19(2,3)24(10,11)21-17-18(15-14-16-23(7,8)9)22-25(12,13)20(4,5)6;1-14(2,3)18(7,8)16-12-13(15)10-9-11-17(4,5)6;2*1-14(2,3)18(7,8)16-13(12-15)10-9-11-17(4,5)6;1-9(2,3)12(4,5)11-7-8-6-10-8;1-3-4-2;4-1-3-2-5-3;1-3-2;/h18H,15,17H2,1-13H3;2*13,15H,10,12H2,1-8H3;12-13H,10H2,1-8H3;8H,6-7H2,1-5H3;1,3-4H2,2H3;3-4H,1-2H2;1H,2H3;/q;;;;;-1;;;+1/t18-;3*13-;8-;;3-;;/m11111.0../s1. The van der Waals surface area contributed by atoms with Crippen molar-refractivity contribution in [3.05, 3.63) is 6.92 Å². The van der Waals surface area contributed by atoms with Crippen LogP contribution < -0.4 is 18.9 Å². The Morgan fingerprint density at radius 3 is 0.962 bits per heavy atom. The molecule has 0 aromatic rings. The molecule has 0 aromatic carbocycles. The topological polar surface area (TPSA) is 158 Å². The van der Waals surface area contributed by atoms with Crippen molar-refractivity contribution < 1.29 is 75.0 Å². The molecule has 23 heteroatoms. The number of hydrogen-bond donors (Lipinski definition) is 3. The number of ether oxygens (including phenoxy) is 2. The van der Waals surface area contributed by atoms with Crippen LogP contribution >= 0.6 is 0 Å². The van der Waals surface area contributed by atoms with Crippen molar-refractivity contribution in [3.8, 4) is 58.2 Å².